The van der Waals surface area contributed by atoms with Crippen molar-refractivity contribution in [2.45, 2.75) is 12.5 Å². The van der Waals surface area contributed by atoms with Gasteiger partial charge in [0.15, 0.2) is 0 Å². The van der Waals surface area contributed by atoms with Gasteiger partial charge in [-0.1, -0.05) is 0 Å². The van der Waals surface area contributed by atoms with E-state index in [9.17, 15) is 10.1 Å². The average molecular weight is 306 g/mol. The molecule has 1 aromatic rings. The fourth-order valence-electron chi connectivity index (χ4n) is 1.08. The van der Waals surface area contributed by atoms with E-state index in [1.54, 1.807) is 0 Å². The first kappa shape index (κ1) is 13.8. The minimum absolute atomic E-state index is 0.00352. The predicted molar refractivity (Wildman–Crippen MR) is 64.8 cm³/mol. The molecule has 0 radical (unpaired) electrons. The number of aromatic nitrogens is 1. The summed E-state index contributed by atoms with van der Waals surface area (Å²) in [5.74, 6) is 0.00352. The van der Waals surface area contributed by atoms with Crippen molar-refractivity contribution in [1.29, 1.82) is 0 Å². The zero-order chi connectivity index (χ0) is 13.1. The summed E-state index contributed by atoms with van der Waals surface area (Å²) in [6, 6.07) is 1.30. The molecule has 0 aliphatic carbocycles. The summed E-state index contributed by atoms with van der Waals surface area (Å²) in [7, 11) is 0. The number of nitrogens with zero attached hydrogens (tertiary/aromatic N) is 2. The Bertz CT molecular complexity index is 423. The van der Waals surface area contributed by atoms with Crippen LogP contribution < -0.4 is 5.32 Å². The van der Waals surface area contributed by atoms with Gasteiger partial charge in [0.1, 0.15) is 0 Å². The van der Waals surface area contributed by atoms with E-state index >= 15 is 0 Å². The highest BCUT2D eigenvalue weighted by molar-refractivity contribution is 9.10. The van der Waals surface area contributed by atoms with E-state index in [1.807, 2.05) is 0 Å². The lowest BCUT2D eigenvalue weighted by atomic mass is 10.1. The minimum atomic E-state index is -1.06. The van der Waals surface area contributed by atoms with E-state index in [2.05, 4.69) is 26.2 Å². The van der Waals surface area contributed by atoms with E-state index in [-0.39, 0.29) is 24.7 Å². The second-order valence-corrected chi connectivity index (χ2v) is 4.70. The molecule has 8 heteroatoms. The van der Waals surface area contributed by atoms with Crippen LogP contribution in [0.3, 0.4) is 0 Å². The molecule has 0 spiro atoms. The molecule has 3 N–H and O–H groups in total. The van der Waals surface area contributed by atoms with Crippen molar-refractivity contribution in [3.8, 4) is 0 Å². The molecule has 0 saturated carbocycles. The summed E-state index contributed by atoms with van der Waals surface area (Å²) < 4.78 is 0.476. The number of pyridine rings is 1. The summed E-state index contributed by atoms with van der Waals surface area (Å²) in [5, 5.41) is 31.7. The normalized spacial score (nSPS) is 11.3. The molecule has 17 heavy (non-hydrogen) atoms. The summed E-state index contributed by atoms with van der Waals surface area (Å²) in [5.41, 5.74) is -1.29. The van der Waals surface area contributed by atoms with Gasteiger partial charge in [-0.3, -0.25) is 10.1 Å². The molecule has 1 rings (SSSR count). The van der Waals surface area contributed by atoms with E-state index in [4.69, 9.17) is 10.2 Å². The number of halogens is 1. The van der Waals surface area contributed by atoms with Crippen LogP contribution in [0.4, 0.5) is 11.5 Å². The van der Waals surface area contributed by atoms with Crippen LogP contribution in [-0.2, 0) is 0 Å². The summed E-state index contributed by atoms with van der Waals surface area (Å²) in [6.07, 6.45) is 1.39. The SMILES string of the molecule is CC(CO)(CO)Nc1ncc(Br)cc1[N+](=O)[O-]. The standard InChI is InChI=1S/C9H12BrN3O4/c1-9(4-14,5-15)12-8-7(13(16)17)2-6(10)3-11-8/h2-3,14-15H,4-5H2,1H3,(H,11,12). The quantitative estimate of drug-likeness (QED) is 0.551. The molecule has 94 valence electrons. The maximum atomic E-state index is 10.8. The van der Waals surface area contributed by atoms with Gasteiger partial charge in [0.05, 0.1) is 23.7 Å². The average Bonchev–Trinajstić information content (AvgIpc) is 2.31. The monoisotopic (exact) mass is 305 g/mol. The van der Waals surface area contributed by atoms with Crippen molar-refractivity contribution < 1.29 is 15.1 Å². The maximum Gasteiger partial charge on any atom is 0.312 e. The van der Waals surface area contributed by atoms with Crippen LogP contribution in [0, 0.1) is 10.1 Å². The Kier molecular flexibility index (Phi) is 4.38. The first-order chi connectivity index (χ1) is 7.91. The number of hydrogen-bond acceptors (Lipinski definition) is 6. The number of aliphatic hydroxyl groups is 2. The van der Waals surface area contributed by atoms with Gasteiger partial charge in [-0.2, -0.15) is 0 Å². The van der Waals surface area contributed by atoms with Crippen LogP contribution >= 0.6 is 15.9 Å². The number of nitro groups is 1. The lowest BCUT2D eigenvalue weighted by Crippen LogP contribution is -2.43. The molecular weight excluding hydrogens is 294 g/mol. The number of aliphatic hydroxyl groups excluding tert-OH is 2. The Balaban J connectivity index is 3.10. The molecule has 0 amide bonds. The predicted octanol–water partition coefficient (Wildman–Crippen LogP) is 0.907. The molecule has 7 nitrogen and oxygen atoms in total. The Morgan fingerprint density at radius 3 is 2.65 bits per heavy atom. The third-order valence-electron chi connectivity index (χ3n) is 2.15. The molecule has 0 saturated heterocycles. The molecule has 0 aliphatic rings. The largest absolute Gasteiger partial charge is 0.394 e. The Hall–Kier alpha value is -1.25. The van der Waals surface area contributed by atoms with E-state index in [1.165, 1.54) is 19.2 Å². The molecule has 0 aromatic carbocycles. The maximum absolute atomic E-state index is 10.8. The van der Waals surface area contributed by atoms with Gasteiger partial charge in [0.2, 0.25) is 5.82 Å². The lowest BCUT2D eigenvalue weighted by Gasteiger charge is -2.26. The second-order valence-electron chi connectivity index (χ2n) is 3.78. The third-order valence-corrected chi connectivity index (χ3v) is 2.58. The molecule has 0 bridgehead atoms. The Labute approximate surface area is 106 Å². The molecule has 0 unspecified atom stereocenters. The highest BCUT2D eigenvalue weighted by atomic mass is 79.9. The van der Waals surface area contributed by atoms with Crippen molar-refractivity contribution in [2.75, 3.05) is 18.5 Å². The van der Waals surface area contributed by atoms with Crippen LogP contribution in [0.25, 0.3) is 0 Å². The van der Waals surface area contributed by atoms with Crippen LogP contribution in [0.15, 0.2) is 16.7 Å². The first-order valence-corrected chi connectivity index (χ1v) is 5.51. The molecule has 0 aliphatic heterocycles. The zero-order valence-electron chi connectivity index (χ0n) is 9.05. The number of rotatable bonds is 5. The fraction of sp³-hybridized carbons (Fsp3) is 0.444. The van der Waals surface area contributed by atoms with E-state index < -0.39 is 10.5 Å². The number of hydrogen-bond donors (Lipinski definition) is 3. The van der Waals surface area contributed by atoms with Gasteiger partial charge < -0.3 is 15.5 Å². The third kappa shape index (κ3) is 3.35. The summed E-state index contributed by atoms with van der Waals surface area (Å²) in [6.45, 7) is 0.775. The Morgan fingerprint density at radius 2 is 2.18 bits per heavy atom. The van der Waals surface area contributed by atoms with Gasteiger partial charge in [0.25, 0.3) is 0 Å². The molecule has 1 aromatic heterocycles. The highest BCUT2D eigenvalue weighted by Gasteiger charge is 2.26. The van der Waals surface area contributed by atoms with Gasteiger partial charge in [-0.05, 0) is 22.9 Å². The van der Waals surface area contributed by atoms with Gasteiger partial charge >= 0.3 is 5.69 Å². The molecule has 1 heterocycles. The van der Waals surface area contributed by atoms with Crippen molar-refractivity contribution in [3.63, 3.8) is 0 Å². The summed E-state index contributed by atoms with van der Waals surface area (Å²) >= 11 is 3.08. The number of anilines is 1. The lowest BCUT2D eigenvalue weighted by molar-refractivity contribution is -0.384. The van der Waals surface area contributed by atoms with Crippen LogP contribution in [0.1, 0.15) is 6.92 Å². The highest BCUT2D eigenvalue weighted by Crippen LogP contribution is 2.27. The van der Waals surface area contributed by atoms with Crippen LogP contribution in [0.2, 0.25) is 0 Å². The fourth-order valence-corrected chi connectivity index (χ4v) is 1.40. The minimum Gasteiger partial charge on any atom is -0.394 e. The number of nitrogens with one attached hydrogen (secondary N) is 1. The van der Waals surface area contributed by atoms with E-state index in [0.717, 1.165) is 0 Å². The van der Waals surface area contributed by atoms with Gasteiger partial charge in [-0.25, -0.2) is 4.98 Å². The zero-order valence-corrected chi connectivity index (χ0v) is 10.6. The van der Waals surface area contributed by atoms with E-state index in [0.29, 0.717) is 4.47 Å². The van der Waals surface area contributed by atoms with Crippen LogP contribution in [0.5, 0.6) is 0 Å². The van der Waals surface area contributed by atoms with Crippen molar-refractivity contribution >= 4 is 27.4 Å². The molecule has 0 atom stereocenters. The van der Waals surface area contributed by atoms with Crippen molar-refractivity contribution in [3.05, 3.63) is 26.9 Å². The molecule has 0 fully saturated rings. The molecular formula is C9H12BrN3O4. The Morgan fingerprint density at radius 1 is 1.59 bits per heavy atom. The van der Waals surface area contributed by atoms with Crippen LogP contribution in [-0.4, -0.2) is 38.9 Å². The topological polar surface area (TPSA) is 109 Å². The van der Waals surface area contributed by atoms with Crippen molar-refractivity contribution in [1.82, 2.24) is 4.98 Å². The van der Waals surface area contributed by atoms with Gasteiger partial charge in [0, 0.05) is 16.7 Å². The second kappa shape index (κ2) is 5.39. The van der Waals surface area contributed by atoms with Gasteiger partial charge in [-0.15, -0.1) is 0 Å². The summed E-state index contributed by atoms with van der Waals surface area (Å²) in [4.78, 5) is 14.1. The van der Waals surface area contributed by atoms with Crippen molar-refractivity contribution in [2.24, 2.45) is 0 Å². The smallest absolute Gasteiger partial charge is 0.312 e. The first-order valence-electron chi connectivity index (χ1n) is 4.72.